The number of benzene rings is 2. The van der Waals surface area contributed by atoms with Crippen molar-refractivity contribution in [3.63, 3.8) is 0 Å². The largest absolute Gasteiger partial charge is 0.457 e. The number of nitrogens with one attached hydrogen (secondary N) is 1. The van der Waals surface area contributed by atoms with E-state index in [2.05, 4.69) is 20.6 Å². The molecule has 0 atom stereocenters. The minimum Gasteiger partial charge on any atom is -0.457 e. The van der Waals surface area contributed by atoms with E-state index in [-0.39, 0.29) is 5.91 Å². The number of carbonyl (C=O) groups is 1. The normalized spacial score (nSPS) is 14.3. The standard InChI is InChI=1S/C30H32N4O2S/c31-30-28-26(22-10-13-25(14-11-22)36-24-8-3-1-4-9-24)21-37-29(28)23(20-33-30)12-15-27(35)32-16-7-19-34-17-5-2-6-18-34/h1,3-4,8-15,20-21H,2,5-7,16-19H2,(H2,31,33)(H,32,35). The van der Waals surface area contributed by atoms with E-state index in [4.69, 9.17) is 10.5 Å². The highest BCUT2D eigenvalue weighted by atomic mass is 32.1. The number of fused-ring (bicyclic) bond motifs is 1. The average Bonchev–Trinajstić information content (AvgIpc) is 3.39. The number of aromatic nitrogens is 1. The van der Waals surface area contributed by atoms with E-state index in [1.54, 1.807) is 23.6 Å². The van der Waals surface area contributed by atoms with Crippen molar-refractivity contribution in [2.45, 2.75) is 25.7 Å². The summed E-state index contributed by atoms with van der Waals surface area (Å²) in [5.41, 5.74) is 9.24. The molecule has 0 radical (unpaired) electrons. The molecule has 37 heavy (non-hydrogen) atoms. The number of nitrogen functional groups attached to an aromatic ring is 1. The van der Waals surface area contributed by atoms with Crippen LogP contribution >= 0.6 is 11.3 Å². The van der Waals surface area contributed by atoms with Crippen LogP contribution in [0.25, 0.3) is 27.3 Å². The maximum absolute atomic E-state index is 12.4. The highest BCUT2D eigenvalue weighted by molar-refractivity contribution is 7.18. The summed E-state index contributed by atoms with van der Waals surface area (Å²) in [4.78, 5) is 19.3. The van der Waals surface area contributed by atoms with Crippen LogP contribution in [-0.2, 0) is 4.79 Å². The van der Waals surface area contributed by atoms with Crippen LogP contribution in [0.1, 0.15) is 31.2 Å². The lowest BCUT2D eigenvalue weighted by Crippen LogP contribution is -2.33. The predicted molar refractivity (Wildman–Crippen MR) is 153 cm³/mol. The number of thiophene rings is 1. The lowest BCUT2D eigenvalue weighted by Gasteiger charge is -2.26. The number of likely N-dealkylation sites (tertiary alicyclic amines) is 1. The lowest BCUT2D eigenvalue weighted by molar-refractivity contribution is -0.116. The minimum atomic E-state index is -0.0885. The van der Waals surface area contributed by atoms with Crippen molar-refractivity contribution in [2.75, 3.05) is 31.9 Å². The van der Waals surface area contributed by atoms with Crippen molar-refractivity contribution in [3.05, 3.63) is 77.8 Å². The van der Waals surface area contributed by atoms with Gasteiger partial charge in [0.05, 0.1) is 0 Å². The molecule has 0 unspecified atom stereocenters. The van der Waals surface area contributed by atoms with Gasteiger partial charge in [0.2, 0.25) is 5.91 Å². The Morgan fingerprint density at radius 2 is 1.81 bits per heavy atom. The Morgan fingerprint density at radius 1 is 1.05 bits per heavy atom. The van der Waals surface area contributed by atoms with Crippen LogP contribution in [0.4, 0.5) is 5.82 Å². The summed E-state index contributed by atoms with van der Waals surface area (Å²) in [6.07, 6.45) is 10.0. The Labute approximate surface area is 221 Å². The molecule has 1 aliphatic heterocycles. The molecule has 1 fully saturated rings. The first-order valence-electron chi connectivity index (χ1n) is 12.8. The van der Waals surface area contributed by atoms with Crippen molar-refractivity contribution in [1.29, 1.82) is 0 Å². The second-order valence-electron chi connectivity index (χ2n) is 9.27. The Bertz CT molecular complexity index is 1360. The third kappa shape index (κ3) is 6.37. The monoisotopic (exact) mass is 512 g/mol. The fourth-order valence-electron chi connectivity index (χ4n) is 4.67. The summed E-state index contributed by atoms with van der Waals surface area (Å²) in [5.74, 6) is 1.96. The Balaban J connectivity index is 1.24. The molecule has 2 aromatic heterocycles. The Hall–Kier alpha value is -3.68. The molecule has 1 saturated heterocycles. The molecule has 0 bridgehead atoms. The second-order valence-corrected chi connectivity index (χ2v) is 10.2. The molecule has 3 heterocycles. The van der Waals surface area contributed by atoms with Gasteiger partial charge in [0.25, 0.3) is 0 Å². The molecule has 4 aromatic rings. The molecule has 0 aliphatic carbocycles. The zero-order chi connectivity index (χ0) is 25.5. The molecular weight excluding hydrogens is 480 g/mol. The molecule has 2 aromatic carbocycles. The number of anilines is 1. The lowest BCUT2D eigenvalue weighted by atomic mass is 10.0. The minimum absolute atomic E-state index is 0.0885. The van der Waals surface area contributed by atoms with Crippen LogP contribution in [0.15, 0.2) is 72.3 Å². The average molecular weight is 513 g/mol. The quantitative estimate of drug-likeness (QED) is 0.202. The fourth-order valence-corrected chi connectivity index (χ4v) is 5.75. The maximum atomic E-state index is 12.4. The van der Waals surface area contributed by atoms with E-state index in [1.165, 1.54) is 32.4 Å². The van der Waals surface area contributed by atoms with Crippen molar-refractivity contribution in [1.82, 2.24) is 15.2 Å². The molecule has 6 nitrogen and oxygen atoms in total. The number of nitrogens with two attached hydrogens (primary N) is 1. The first kappa shape index (κ1) is 25.0. The third-order valence-electron chi connectivity index (χ3n) is 6.61. The smallest absolute Gasteiger partial charge is 0.244 e. The van der Waals surface area contributed by atoms with Crippen molar-refractivity contribution >= 4 is 39.2 Å². The number of amides is 1. The van der Waals surface area contributed by atoms with Crippen molar-refractivity contribution in [3.8, 4) is 22.6 Å². The maximum Gasteiger partial charge on any atom is 0.244 e. The number of carbonyl (C=O) groups excluding carboxylic acids is 1. The van der Waals surface area contributed by atoms with Gasteiger partial charge in [0.15, 0.2) is 0 Å². The van der Waals surface area contributed by atoms with Crippen LogP contribution in [-0.4, -0.2) is 42.0 Å². The molecule has 7 heteroatoms. The van der Waals surface area contributed by atoms with E-state index >= 15 is 0 Å². The van der Waals surface area contributed by atoms with Crippen molar-refractivity contribution in [2.24, 2.45) is 0 Å². The highest BCUT2D eigenvalue weighted by Gasteiger charge is 2.14. The summed E-state index contributed by atoms with van der Waals surface area (Å²) < 4.78 is 6.93. The number of ether oxygens (including phenoxy) is 1. The summed E-state index contributed by atoms with van der Waals surface area (Å²) in [6.45, 7) is 4.09. The topological polar surface area (TPSA) is 80.5 Å². The van der Waals surface area contributed by atoms with Gasteiger partial charge in [-0.2, -0.15) is 0 Å². The van der Waals surface area contributed by atoms with Gasteiger partial charge in [-0.25, -0.2) is 4.98 Å². The fraction of sp³-hybridized carbons (Fsp3) is 0.267. The van der Waals surface area contributed by atoms with Crippen LogP contribution in [0.3, 0.4) is 0 Å². The van der Waals surface area contributed by atoms with E-state index in [0.717, 1.165) is 51.2 Å². The molecule has 1 aliphatic rings. The predicted octanol–water partition coefficient (Wildman–Crippen LogP) is 6.34. The van der Waals surface area contributed by atoms with Crippen molar-refractivity contribution < 1.29 is 9.53 Å². The second kappa shape index (κ2) is 12.0. The number of piperidine rings is 1. The number of hydrogen-bond acceptors (Lipinski definition) is 6. The summed E-state index contributed by atoms with van der Waals surface area (Å²) >= 11 is 1.61. The number of pyridine rings is 1. The number of hydrogen-bond donors (Lipinski definition) is 2. The molecule has 0 saturated carbocycles. The van der Waals surface area contributed by atoms with Crippen LogP contribution in [0.5, 0.6) is 11.5 Å². The number of para-hydroxylation sites is 1. The zero-order valence-electron chi connectivity index (χ0n) is 20.9. The molecule has 1 amide bonds. The Kier molecular flexibility index (Phi) is 8.13. The van der Waals surface area contributed by atoms with E-state index in [0.29, 0.717) is 12.4 Å². The summed E-state index contributed by atoms with van der Waals surface area (Å²) in [5, 5.41) is 6.00. The molecule has 0 spiro atoms. The summed E-state index contributed by atoms with van der Waals surface area (Å²) in [6, 6.07) is 17.7. The van der Waals surface area contributed by atoms with Gasteiger partial charge in [-0.1, -0.05) is 36.8 Å². The SMILES string of the molecule is Nc1ncc(C=CC(=O)NCCCN2CCCCC2)c2scc(-c3ccc(Oc4ccccc4)cc3)c12. The van der Waals surface area contributed by atoms with Gasteiger partial charge < -0.3 is 20.7 Å². The van der Waals surface area contributed by atoms with Crippen LogP contribution in [0.2, 0.25) is 0 Å². The van der Waals surface area contributed by atoms with Gasteiger partial charge in [-0.3, -0.25) is 4.79 Å². The molecular formula is C30H32N4O2S. The van der Waals surface area contributed by atoms with Gasteiger partial charge in [0.1, 0.15) is 17.3 Å². The van der Waals surface area contributed by atoms with Gasteiger partial charge in [0, 0.05) is 40.0 Å². The first-order valence-corrected chi connectivity index (χ1v) is 13.7. The van der Waals surface area contributed by atoms with E-state index in [9.17, 15) is 4.79 Å². The summed E-state index contributed by atoms with van der Waals surface area (Å²) in [7, 11) is 0. The zero-order valence-corrected chi connectivity index (χ0v) is 21.7. The van der Waals surface area contributed by atoms with Gasteiger partial charge in [-0.15, -0.1) is 11.3 Å². The molecule has 5 rings (SSSR count). The third-order valence-corrected chi connectivity index (χ3v) is 7.64. The van der Waals surface area contributed by atoms with Gasteiger partial charge in [-0.05, 0) is 80.2 Å². The Morgan fingerprint density at radius 3 is 2.59 bits per heavy atom. The molecule has 190 valence electrons. The first-order chi connectivity index (χ1) is 18.2. The molecule has 3 N–H and O–H groups in total. The van der Waals surface area contributed by atoms with Gasteiger partial charge >= 0.3 is 0 Å². The number of rotatable bonds is 9. The highest BCUT2D eigenvalue weighted by Crippen LogP contribution is 2.39. The van der Waals surface area contributed by atoms with E-state index in [1.807, 2.05) is 60.7 Å². The van der Waals surface area contributed by atoms with Crippen LogP contribution < -0.4 is 15.8 Å². The van der Waals surface area contributed by atoms with Crippen LogP contribution in [0, 0.1) is 0 Å². The number of nitrogens with zero attached hydrogens (tertiary/aromatic N) is 2. The van der Waals surface area contributed by atoms with E-state index < -0.39 is 0 Å².